The largest absolute Gasteiger partial charge is 0.342 e. The van der Waals surface area contributed by atoms with Crippen LogP contribution in [0, 0.1) is 5.92 Å². The summed E-state index contributed by atoms with van der Waals surface area (Å²) in [4.78, 5) is 14.7. The summed E-state index contributed by atoms with van der Waals surface area (Å²) in [7, 11) is -3.36. The number of rotatable bonds is 5. The lowest BCUT2D eigenvalue weighted by Gasteiger charge is -2.35. The first-order chi connectivity index (χ1) is 11.0. The molecule has 0 aromatic carbocycles. The van der Waals surface area contributed by atoms with Crippen molar-refractivity contribution in [3.8, 4) is 0 Å². The fourth-order valence-corrected chi connectivity index (χ4v) is 5.25. The maximum absolute atomic E-state index is 12.7. The van der Waals surface area contributed by atoms with E-state index in [0.717, 1.165) is 25.9 Å². The van der Waals surface area contributed by atoms with E-state index in [-0.39, 0.29) is 11.8 Å². The monoisotopic (exact) mass is 345 g/mol. The van der Waals surface area contributed by atoms with Crippen molar-refractivity contribution in [2.45, 2.75) is 52.4 Å². The van der Waals surface area contributed by atoms with E-state index < -0.39 is 10.2 Å². The third kappa shape index (κ3) is 4.45. The molecular formula is C16H31N3O3S. The van der Waals surface area contributed by atoms with Crippen molar-refractivity contribution in [2.75, 3.05) is 39.3 Å². The molecule has 23 heavy (non-hydrogen) atoms. The predicted octanol–water partition coefficient (Wildman–Crippen LogP) is 1.69. The van der Waals surface area contributed by atoms with Gasteiger partial charge in [0.25, 0.3) is 10.2 Å². The lowest BCUT2D eigenvalue weighted by atomic mass is 9.96. The molecule has 0 atom stereocenters. The minimum atomic E-state index is -3.36. The second-order valence-corrected chi connectivity index (χ2v) is 8.43. The highest BCUT2D eigenvalue weighted by atomic mass is 32.2. The number of nitrogens with zero attached hydrogens (tertiary/aromatic N) is 3. The van der Waals surface area contributed by atoms with Gasteiger partial charge in [0.15, 0.2) is 0 Å². The number of carbonyl (C=O) groups is 1. The quantitative estimate of drug-likeness (QED) is 0.762. The van der Waals surface area contributed by atoms with Crippen molar-refractivity contribution < 1.29 is 13.2 Å². The topological polar surface area (TPSA) is 60.9 Å². The Morgan fingerprint density at radius 1 is 0.957 bits per heavy atom. The first kappa shape index (κ1) is 18.7. The van der Waals surface area contributed by atoms with Crippen LogP contribution in [0.2, 0.25) is 0 Å². The zero-order valence-electron chi connectivity index (χ0n) is 14.5. The highest BCUT2D eigenvalue weighted by Gasteiger charge is 2.35. The summed E-state index contributed by atoms with van der Waals surface area (Å²) in [6.45, 7) is 7.37. The summed E-state index contributed by atoms with van der Waals surface area (Å²) in [6, 6.07) is 0. The molecule has 1 amide bonds. The molecule has 0 N–H and O–H groups in total. The Bertz CT molecular complexity index is 475. The van der Waals surface area contributed by atoms with Crippen LogP contribution in [0.4, 0.5) is 0 Å². The highest BCUT2D eigenvalue weighted by Crippen LogP contribution is 2.24. The molecule has 134 valence electrons. The first-order valence-electron chi connectivity index (χ1n) is 9.04. The molecule has 0 radical (unpaired) electrons. The fourth-order valence-electron chi connectivity index (χ4n) is 3.60. The van der Waals surface area contributed by atoms with Gasteiger partial charge in [-0.25, -0.2) is 0 Å². The van der Waals surface area contributed by atoms with E-state index in [1.165, 1.54) is 17.1 Å². The van der Waals surface area contributed by atoms with Crippen LogP contribution in [0.3, 0.4) is 0 Å². The molecule has 7 heteroatoms. The molecule has 0 aromatic rings. The third-order valence-electron chi connectivity index (χ3n) is 5.08. The van der Waals surface area contributed by atoms with Gasteiger partial charge >= 0.3 is 0 Å². The van der Waals surface area contributed by atoms with Gasteiger partial charge in [-0.3, -0.25) is 4.79 Å². The molecule has 0 aromatic heterocycles. The summed E-state index contributed by atoms with van der Waals surface area (Å²) in [5.74, 6) is 0.239. The molecule has 0 unspecified atom stereocenters. The molecule has 0 aliphatic carbocycles. The van der Waals surface area contributed by atoms with E-state index in [9.17, 15) is 13.2 Å². The number of amides is 1. The zero-order valence-corrected chi connectivity index (χ0v) is 15.4. The van der Waals surface area contributed by atoms with Crippen molar-refractivity contribution in [3.05, 3.63) is 0 Å². The van der Waals surface area contributed by atoms with Crippen molar-refractivity contribution in [1.29, 1.82) is 0 Å². The van der Waals surface area contributed by atoms with Crippen LogP contribution in [-0.4, -0.2) is 67.1 Å². The number of carbonyl (C=O) groups excluding carboxylic acids is 1. The van der Waals surface area contributed by atoms with Crippen LogP contribution in [0.25, 0.3) is 0 Å². The van der Waals surface area contributed by atoms with Crippen molar-refractivity contribution in [1.82, 2.24) is 13.5 Å². The van der Waals surface area contributed by atoms with Gasteiger partial charge in [-0.05, 0) is 25.7 Å². The Morgan fingerprint density at radius 3 is 1.96 bits per heavy atom. The SMILES string of the molecule is CCN(CC)S(=O)(=O)N1CCC(C(=O)N2CCCCCC2)CC1. The molecule has 0 saturated carbocycles. The Kier molecular flexibility index (Phi) is 6.85. The summed E-state index contributed by atoms with van der Waals surface area (Å²) in [6.07, 6.45) is 5.92. The molecule has 0 bridgehead atoms. The maximum Gasteiger partial charge on any atom is 0.281 e. The third-order valence-corrected chi connectivity index (χ3v) is 7.27. The van der Waals surface area contributed by atoms with Crippen LogP contribution in [0.5, 0.6) is 0 Å². The van der Waals surface area contributed by atoms with Crippen LogP contribution in [0.15, 0.2) is 0 Å². The van der Waals surface area contributed by atoms with Crippen molar-refractivity contribution in [2.24, 2.45) is 5.92 Å². The lowest BCUT2D eigenvalue weighted by molar-refractivity contribution is -0.136. The highest BCUT2D eigenvalue weighted by molar-refractivity contribution is 7.86. The van der Waals surface area contributed by atoms with E-state index in [4.69, 9.17) is 0 Å². The smallest absolute Gasteiger partial charge is 0.281 e. The maximum atomic E-state index is 12.7. The van der Waals surface area contributed by atoms with Gasteiger partial charge in [0.2, 0.25) is 5.91 Å². The standard InChI is InChI=1S/C16H31N3O3S/c1-3-18(4-2)23(21,22)19-13-9-15(10-14-19)16(20)17-11-7-5-6-8-12-17/h15H,3-14H2,1-2H3. The van der Waals surface area contributed by atoms with Crippen molar-refractivity contribution in [3.63, 3.8) is 0 Å². The van der Waals surface area contributed by atoms with Crippen LogP contribution >= 0.6 is 0 Å². The number of hydrogen-bond acceptors (Lipinski definition) is 3. The van der Waals surface area contributed by atoms with Crippen LogP contribution < -0.4 is 0 Å². The Labute approximate surface area is 141 Å². The number of hydrogen-bond donors (Lipinski definition) is 0. The molecule has 2 saturated heterocycles. The number of piperidine rings is 1. The summed E-state index contributed by atoms with van der Waals surface area (Å²) in [5, 5.41) is 0. The molecule has 2 aliphatic heterocycles. The molecule has 2 fully saturated rings. The number of likely N-dealkylation sites (tertiary alicyclic amines) is 1. The van der Waals surface area contributed by atoms with Gasteiger partial charge in [-0.15, -0.1) is 0 Å². The van der Waals surface area contributed by atoms with Gasteiger partial charge in [-0.2, -0.15) is 17.0 Å². The van der Waals surface area contributed by atoms with E-state index >= 15 is 0 Å². The van der Waals surface area contributed by atoms with E-state index in [1.54, 1.807) is 4.31 Å². The summed E-state index contributed by atoms with van der Waals surface area (Å²) >= 11 is 0. The Morgan fingerprint density at radius 2 is 1.48 bits per heavy atom. The molecule has 2 rings (SSSR count). The molecule has 6 nitrogen and oxygen atoms in total. The van der Waals surface area contributed by atoms with Crippen LogP contribution in [-0.2, 0) is 15.0 Å². The normalized spacial score (nSPS) is 22.3. The zero-order chi connectivity index (χ0) is 16.9. The molecule has 2 aliphatic rings. The second kappa shape index (κ2) is 8.44. The van der Waals surface area contributed by atoms with E-state index in [1.807, 2.05) is 18.7 Å². The van der Waals surface area contributed by atoms with Crippen molar-refractivity contribution >= 4 is 16.1 Å². The first-order valence-corrected chi connectivity index (χ1v) is 10.4. The summed E-state index contributed by atoms with van der Waals surface area (Å²) in [5.41, 5.74) is 0. The molecular weight excluding hydrogens is 314 g/mol. The molecule has 2 heterocycles. The molecule has 0 spiro atoms. The van der Waals surface area contributed by atoms with E-state index in [0.29, 0.717) is 39.0 Å². The fraction of sp³-hybridized carbons (Fsp3) is 0.938. The van der Waals surface area contributed by atoms with Gasteiger partial charge < -0.3 is 4.90 Å². The minimum Gasteiger partial charge on any atom is -0.342 e. The lowest BCUT2D eigenvalue weighted by Crippen LogP contribution is -2.49. The minimum absolute atomic E-state index is 0.00347. The Hall–Kier alpha value is -0.660. The van der Waals surface area contributed by atoms with Gasteiger partial charge in [0.1, 0.15) is 0 Å². The average Bonchev–Trinajstić information content (AvgIpc) is 2.84. The van der Waals surface area contributed by atoms with Gasteiger partial charge in [0, 0.05) is 45.2 Å². The Balaban J connectivity index is 1.91. The van der Waals surface area contributed by atoms with Gasteiger partial charge in [-0.1, -0.05) is 26.7 Å². The second-order valence-electron chi connectivity index (χ2n) is 6.50. The average molecular weight is 346 g/mol. The van der Waals surface area contributed by atoms with Crippen LogP contribution in [0.1, 0.15) is 52.4 Å². The predicted molar refractivity (Wildman–Crippen MR) is 91.2 cm³/mol. The van der Waals surface area contributed by atoms with Gasteiger partial charge in [0.05, 0.1) is 0 Å². The summed E-state index contributed by atoms with van der Waals surface area (Å²) < 4.78 is 28.1. The van der Waals surface area contributed by atoms with E-state index in [2.05, 4.69) is 0 Å².